The molecule has 0 radical (unpaired) electrons. The summed E-state index contributed by atoms with van der Waals surface area (Å²) in [5, 5.41) is 18.2. The summed E-state index contributed by atoms with van der Waals surface area (Å²) in [4.78, 5) is 60.9. The molecule has 2 aliphatic rings. The van der Waals surface area contributed by atoms with Crippen LogP contribution in [0.25, 0.3) is 0 Å². The first-order valence-electron chi connectivity index (χ1n) is 19.4. The number of aliphatic carboxylic acids is 1. The monoisotopic (exact) mass is 785 g/mol. The van der Waals surface area contributed by atoms with Gasteiger partial charge in [-0.25, -0.2) is 4.57 Å². The van der Waals surface area contributed by atoms with Gasteiger partial charge < -0.3 is 30.5 Å². The van der Waals surface area contributed by atoms with E-state index in [2.05, 4.69) is 26.8 Å². The molecule has 2 aromatic heterocycles. The van der Waals surface area contributed by atoms with Gasteiger partial charge in [0.25, 0.3) is 11.8 Å². The minimum absolute atomic E-state index is 0.0390. The lowest BCUT2D eigenvalue weighted by molar-refractivity contribution is -0.689. The molecule has 1 unspecified atom stereocenters. The van der Waals surface area contributed by atoms with Gasteiger partial charge in [0.15, 0.2) is 24.1 Å². The van der Waals surface area contributed by atoms with Crippen LogP contribution >= 0.6 is 23.3 Å². The molecule has 14 nitrogen and oxygen atoms in total. The molecule has 3 N–H and O–H groups in total. The number of aromatic nitrogens is 3. The van der Waals surface area contributed by atoms with Gasteiger partial charge >= 0.3 is 5.97 Å². The number of pyridine rings is 1. The van der Waals surface area contributed by atoms with Gasteiger partial charge in [0.2, 0.25) is 11.5 Å². The summed E-state index contributed by atoms with van der Waals surface area (Å²) in [6.07, 6.45) is 22.1. The number of fused-ring (bicyclic) bond motifs is 1. The van der Waals surface area contributed by atoms with Crippen LogP contribution in [0.1, 0.15) is 122 Å². The maximum absolute atomic E-state index is 13.2. The fraction of sp³-hybridized carbons (Fsp3) is 0.632. The van der Waals surface area contributed by atoms with Crippen LogP contribution in [0.2, 0.25) is 0 Å². The van der Waals surface area contributed by atoms with Gasteiger partial charge in [0, 0.05) is 41.4 Å². The number of rotatable bonds is 26. The number of carboxylic acid groups (broad SMARTS) is 1. The highest BCUT2D eigenvalue weighted by Gasteiger charge is 2.53. The fourth-order valence-electron chi connectivity index (χ4n) is 6.45. The number of nitrogens with one attached hydrogen (secondary N) is 1. The summed E-state index contributed by atoms with van der Waals surface area (Å²) in [7, 11) is 0. The number of nitrogen functional groups attached to an aromatic ring is 1. The van der Waals surface area contributed by atoms with Crippen LogP contribution in [-0.2, 0) is 41.7 Å². The Morgan fingerprint density at radius 1 is 1.00 bits per heavy atom. The number of hydrogen-bond donors (Lipinski definition) is 2. The van der Waals surface area contributed by atoms with Crippen molar-refractivity contribution in [3.05, 3.63) is 47.2 Å². The normalized spacial score (nSPS) is 16.9. The molecule has 2 amide bonds. The maximum Gasteiger partial charge on any atom is 0.305 e. The molecule has 1 fully saturated rings. The standard InChI is InChI=1S/C38H55N7O7S2/c1-3-5-6-7-8-9-10-11-12-13-14-15-16-19-29(46)51-24-17-18-27-20-22-44(23-21-27)25-28-26-53-36-31(35(48)45(36)32(28)37(49)50)40-34(47)30(42-52-4-2)33-41-38(39)54-43-33/h20-23,31,36H,3-19,24-26H2,1-2H3,(H3-,39,40,41,43,47,49,50)/t31?,36-/m1/s1. The molecule has 4 rings (SSSR count). The number of thioether (sulfide) groups is 1. The Labute approximate surface area is 326 Å². The molecule has 4 heterocycles. The topological polar surface area (TPSA) is 193 Å². The van der Waals surface area contributed by atoms with E-state index < -0.39 is 29.2 Å². The van der Waals surface area contributed by atoms with Gasteiger partial charge in [-0.15, -0.1) is 11.8 Å². The van der Waals surface area contributed by atoms with E-state index in [4.69, 9.17) is 15.3 Å². The van der Waals surface area contributed by atoms with Crippen LogP contribution in [0.4, 0.5) is 5.13 Å². The molecule has 2 aliphatic heterocycles. The number of amides is 2. The second kappa shape index (κ2) is 23.0. The Morgan fingerprint density at radius 2 is 1.65 bits per heavy atom. The molecule has 54 heavy (non-hydrogen) atoms. The number of carboxylic acids is 1. The summed E-state index contributed by atoms with van der Waals surface area (Å²) < 4.78 is 11.3. The summed E-state index contributed by atoms with van der Waals surface area (Å²) in [5.74, 6) is -2.65. The van der Waals surface area contributed by atoms with Gasteiger partial charge in [-0.1, -0.05) is 89.1 Å². The molecule has 0 aliphatic carbocycles. The Hall–Kier alpha value is -4.05. The largest absolute Gasteiger partial charge is 0.543 e. The lowest BCUT2D eigenvalue weighted by Crippen LogP contribution is -2.71. The lowest BCUT2D eigenvalue weighted by Gasteiger charge is -2.50. The van der Waals surface area contributed by atoms with E-state index >= 15 is 0 Å². The van der Waals surface area contributed by atoms with Crippen molar-refractivity contribution in [3.8, 4) is 0 Å². The lowest BCUT2D eigenvalue weighted by atomic mass is 10.0. The van der Waals surface area contributed by atoms with Gasteiger partial charge in [-0.2, -0.15) is 9.36 Å². The second-order valence-electron chi connectivity index (χ2n) is 13.6. The average molecular weight is 786 g/mol. The molecule has 0 spiro atoms. The van der Waals surface area contributed by atoms with E-state index in [9.17, 15) is 24.3 Å². The number of carbonyl (C=O) groups is 4. The van der Waals surface area contributed by atoms with E-state index in [1.807, 2.05) is 29.1 Å². The van der Waals surface area contributed by atoms with Crippen molar-refractivity contribution >= 4 is 57.9 Å². The molecule has 0 bridgehead atoms. The summed E-state index contributed by atoms with van der Waals surface area (Å²) in [6, 6.07) is 2.90. The van der Waals surface area contributed by atoms with E-state index in [0.29, 0.717) is 30.8 Å². The van der Waals surface area contributed by atoms with E-state index in [1.54, 1.807) is 6.92 Å². The number of oxime groups is 1. The quantitative estimate of drug-likeness (QED) is 0.0347. The van der Waals surface area contributed by atoms with E-state index in [0.717, 1.165) is 41.3 Å². The third-order valence-corrected chi connectivity index (χ3v) is 11.3. The van der Waals surface area contributed by atoms with Crippen molar-refractivity contribution in [3.63, 3.8) is 0 Å². The van der Waals surface area contributed by atoms with Gasteiger partial charge in [0.1, 0.15) is 18.0 Å². The van der Waals surface area contributed by atoms with Gasteiger partial charge in [0.05, 0.1) is 18.3 Å². The predicted octanol–water partition coefficient (Wildman–Crippen LogP) is 4.21. The SMILES string of the molecule is CCCCCCCCCCCCCCCC(=O)OCCCc1cc[n+](CC2=C(C(=O)[O-])N3C(=O)C(NC(=O)C(=NOCC)c4nsc(N)n4)[C@H]3SC2)cc1. The number of ether oxygens (including phenoxy) is 1. The minimum atomic E-state index is -1.46. The Morgan fingerprint density at radius 3 is 2.24 bits per heavy atom. The van der Waals surface area contributed by atoms with E-state index in [-0.39, 0.29) is 41.5 Å². The van der Waals surface area contributed by atoms with Crippen molar-refractivity contribution < 1.29 is 38.4 Å². The third-order valence-electron chi connectivity index (χ3n) is 9.37. The maximum atomic E-state index is 13.2. The van der Waals surface area contributed by atoms with Crippen molar-refractivity contribution in [2.75, 3.05) is 24.7 Å². The zero-order chi connectivity index (χ0) is 38.7. The number of β-lactam (4-membered cyclic amide) rings is 1. The first-order valence-corrected chi connectivity index (χ1v) is 21.2. The molecule has 0 aromatic carbocycles. The zero-order valence-corrected chi connectivity index (χ0v) is 33.2. The van der Waals surface area contributed by atoms with Gasteiger partial charge in [-0.05, 0) is 31.7 Å². The summed E-state index contributed by atoms with van der Waals surface area (Å²) >= 11 is 2.23. The first-order chi connectivity index (χ1) is 26.2. The van der Waals surface area contributed by atoms with Crippen molar-refractivity contribution in [2.24, 2.45) is 5.16 Å². The number of nitrogens with two attached hydrogens (primary N) is 1. The third kappa shape index (κ3) is 13.1. The number of anilines is 1. The van der Waals surface area contributed by atoms with Crippen LogP contribution in [0.3, 0.4) is 0 Å². The second-order valence-corrected chi connectivity index (χ2v) is 15.5. The molecule has 2 aromatic rings. The summed E-state index contributed by atoms with van der Waals surface area (Å²) in [6.45, 7) is 4.74. The average Bonchev–Trinajstić information content (AvgIpc) is 3.60. The number of hydrogen-bond acceptors (Lipinski definition) is 13. The molecule has 296 valence electrons. The zero-order valence-electron chi connectivity index (χ0n) is 31.6. The number of nitrogens with zero attached hydrogens (tertiary/aromatic N) is 5. The van der Waals surface area contributed by atoms with Crippen molar-refractivity contribution in [1.29, 1.82) is 0 Å². The summed E-state index contributed by atoms with van der Waals surface area (Å²) in [5.41, 5.74) is 6.80. The Balaban J connectivity index is 1.14. The highest BCUT2D eigenvalue weighted by Crippen LogP contribution is 2.40. The number of esters is 1. The minimum Gasteiger partial charge on any atom is -0.543 e. The molecule has 2 atom stereocenters. The molecular formula is C38H55N7O7S2. The van der Waals surface area contributed by atoms with E-state index in [1.165, 1.54) is 82.4 Å². The highest BCUT2D eigenvalue weighted by atomic mass is 32.2. The highest BCUT2D eigenvalue weighted by molar-refractivity contribution is 8.00. The van der Waals surface area contributed by atoms with Crippen molar-refractivity contribution in [1.82, 2.24) is 19.6 Å². The molecule has 0 saturated carbocycles. The molecule has 16 heteroatoms. The van der Waals surface area contributed by atoms with Crippen LogP contribution < -0.4 is 20.7 Å². The Kier molecular flexibility index (Phi) is 18.2. The molecule has 1 saturated heterocycles. The smallest absolute Gasteiger partial charge is 0.305 e. The van der Waals surface area contributed by atoms with Crippen LogP contribution in [-0.4, -0.2) is 74.1 Å². The molecular weight excluding hydrogens is 731 g/mol. The number of aryl methyl sites for hydroxylation is 1. The van der Waals surface area contributed by atoms with Crippen LogP contribution in [0.5, 0.6) is 0 Å². The van der Waals surface area contributed by atoms with Crippen LogP contribution in [0, 0.1) is 0 Å². The number of carbonyl (C=O) groups excluding carboxylic acids is 4. The first kappa shape index (κ1) is 42.7. The Bertz CT molecular complexity index is 1600. The predicted molar refractivity (Wildman–Crippen MR) is 206 cm³/mol. The van der Waals surface area contributed by atoms with Gasteiger partial charge in [-0.3, -0.25) is 19.3 Å². The number of unbranched alkanes of at least 4 members (excludes halogenated alkanes) is 12. The van der Waals surface area contributed by atoms with Crippen molar-refractivity contribution in [2.45, 2.75) is 135 Å². The van der Waals surface area contributed by atoms with Crippen LogP contribution in [0.15, 0.2) is 41.0 Å². The fourth-order valence-corrected chi connectivity index (χ4v) is 8.22.